The molecule has 27 heavy (non-hydrogen) atoms. The van der Waals surface area contributed by atoms with E-state index in [9.17, 15) is 9.18 Å². The molecular formula is C21H19BrFN3O. The van der Waals surface area contributed by atoms with Gasteiger partial charge in [0.2, 0.25) is 0 Å². The van der Waals surface area contributed by atoms with E-state index in [2.05, 4.69) is 31.1 Å². The molecule has 1 aromatic heterocycles. The lowest BCUT2D eigenvalue weighted by molar-refractivity contribution is 0.102. The zero-order valence-electron chi connectivity index (χ0n) is 14.7. The van der Waals surface area contributed by atoms with Crippen LogP contribution in [0.1, 0.15) is 28.8 Å². The van der Waals surface area contributed by atoms with Gasteiger partial charge in [0.15, 0.2) is 0 Å². The molecule has 2 aromatic carbocycles. The van der Waals surface area contributed by atoms with Crippen LogP contribution in [0.2, 0.25) is 0 Å². The Hall–Kier alpha value is -2.31. The van der Waals surface area contributed by atoms with Gasteiger partial charge in [-0.2, -0.15) is 0 Å². The highest BCUT2D eigenvalue weighted by Gasteiger charge is 2.15. The molecule has 1 N–H and O–H groups in total. The summed E-state index contributed by atoms with van der Waals surface area (Å²) >= 11 is 3.34. The lowest BCUT2D eigenvalue weighted by Crippen LogP contribution is -2.18. The van der Waals surface area contributed by atoms with E-state index in [1.54, 1.807) is 24.3 Å². The molecule has 138 valence electrons. The zero-order valence-corrected chi connectivity index (χ0v) is 16.3. The van der Waals surface area contributed by atoms with Gasteiger partial charge in [0.1, 0.15) is 5.82 Å². The monoisotopic (exact) mass is 427 g/mol. The fraction of sp³-hybridized carbons (Fsp3) is 0.238. The van der Waals surface area contributed by atoms with E-state index in [4.69, 9.17) is 0 Å². The molecule has 0 bridgehead atoms. The number of nitrogens with one attached hydrogen (secondary N) is 1. The first-order chi connectivity index (χ1) is 13.1. The first kappa shape index (κ1) is 18.1. The summed E-state index contributed by atoms with van der Waals surface area (Å²) in [6.07, 6.45) is 4.30. The van der Waals surface area contributed by atoms with Crippen LogP contribution in [0.3, 0.4) is 0 Å². The fourth-order valence-corrected chi connectivity index (χ4v) is 3.88. The minimum atomic E-state index is -0.469. The lowest BCUT2D eigenvalue weighted by Gasteiger charge is -2.15. The van der Waals surface area contributed by atoms with E-state index in [0.29, 0.717) is 15.6 Å². The third kappa shape index (κ3) is 4.01. The summed E-state index contributed by atoms with van der Waals surface area (Å²) in [7, 11) is 0. The largest absolute Gasteiger partial charge is 0.319 e. The third-order valence-corrected chi connectivity index (χ3v) is 5.49. The molecule has 1 amide bonds. The molecule has 1 aliphatic heterocycles. The number of amides is 1. The number of rotatable bonds is 4. The predicted octanol–water partition coefficient (Wildman–Crippen LogP) is 4.98. The van der Waals surface area contributed by atoms with Gasteiger partial charge in [0.25, 0.3) is 5.91 Å². The smallest absolute Gasteiger partial charge is 0.256 e. The second-order valence-corrected chi connectivity index (χ2v) is 7.64. The molecule has 4 rings (SSSR count). The summed E-state index contributed by atoms with van der Waals surface area (Å²) in [5, 5.41) is 3.38. The molecule has 0 unspecified atom stereocenters. The van der Waals surface area contributed by atoms with E-state index in [1.165, 1.54) is 18.9 Å². The van der Waals surface area contributed by atoms with Gasteiger partial charge in [-0.1, -0.05) is 12.1 Å². The molecule has 1 saturated heterocycles. The molecule has 0 radical (unpaired) electrons. The number of benzene rings is 2. The fourth-order valence-electron chi connectivity index (χ4n) is 3.41. The zero-order chi connectivity index (χ0) is 18.8. The Labute approximate surface area is 165 Å². The molecule has 0 atom stereocenters. The minimum absolute atomic E-state index is 0.128. The van der Waals surface area contributed by atoms with E-state index in [1.807, 2.05) is 18.3 Å². The molecule has 0 aliphatic carbocycles. The van der Waals surface area contributed by atoms with Crippen molar-refractivity contribution in [3.8, 4) is 0 Å². The molecule has 6 heteroatoms. The Morgan fingerprint density at radius 1 is 1.19 bits per heavy atom. The van der Waals surface area contributed by atoms with Crippen LogP contribution >= 0.6 is 15.9 Å². The average molecular weight is 428 g/mol. The molecule has 1 fully saturated rings. The van der Waals surface area contributed by atoms with Gasteiger partial charge in [-0.3, -0.25) is 14.7 Å². The number of fused-ring (bicyclic) bond motifs is 1. The topological polar surface area (TPSA) is 45.2 Å². The van der Waals surface area contributed by atoms with Gasteiger partial charge in [0.05, 0.1) is 16.8 Å². The van der Waals surface area contributed by atoms with Gasteiger partial charge in [-0.05, 0) is 77.8 Å². The van der Waals surface area contributed by atoms with Crippen LogP contribution in [0.5, 0.6) is 0 Å². The van der Waals surface area contributed by atoms with E-state index >= 15 is 0 Å². The van der Waals surface area contributed by atoms with Gasteiger partial charge in [-0.25, -0.2) is 4.39 Å². The average Bonchev–Trinajstić information content (AvgIpc) is 3.16. The van der Waals surface area contributed by atoms with Crippen molar-refractivity contribution in [1.29, 1.82) is 0 Å². The van der Waals surface area contributed by atoms with Crippen molar-refractivity contribution in [3.05, 3.63) is 70.1 Å². The molecule has 0 spiro atoms. The summed E-state index contributed by atoms with van der Waals surface area (Å²) in [6.45, 7) is 3.05. The van der Waals surface area contributed by atoms with Gasteiger partial charge in [0, 0.05) is 22.6 Å². The van der Waals surface area contributed by atoms with Crippen LogP contribution in [0.15, 0.2) is 53.1 Å². The Kier molecular flexibility index (Phi) is 5.18. The maximum absolute atomic E-state index is 14.6. The number of hydrogen-bond acceptors (Lipinski definition) is 3. The molecule has 0 saturated carbocycles. The SMILES string of the molecule is O=C(Nc1cc2ncc(CN3CCCC3)cc2cc1F)c1ccccc1Br. The number of pyridine rings is 1. The lowest BCUT2D eigenvalue weighted by atomic mass is 10.1. The maximum Gasteiger partial charge on any atom is 0.256 e. The summed E-state index contributed by atoms with van der Waals surface area (Å²) in [5.41, 5.74) is 2.31. The van der Waals surface area contributed by atoms with Crippen LogP contribution in [0.25, 0.3) is 10.9 Å². The standard InChI is InChI=1S/C21H19BrFN3O/c22-17-6-2-1-5-16(17)21(27)25-20-11-19-15(10-18(20)23)9-14(12-24-19)13-26-7-3-4-8-26/h1-2,5-6,9-12H,3-4,7-8,13H2,(H,25,27). The van der Waals surface area contributed by atoms with Gasteiger partial charge < -0.3 is 5.32 Å². The second-order valence-electron chi connectivity index (χ2n) is 6.79. The number of nitrogens with zero attached hydrogens (tertiary/aromatic N) is 2. The van der Waals surface area contributed by atoms with Crippen molar-refractivity contribution in [1.82, 2.24) is 9.88 Å². The van der Waals surface area contributed by atoms with E-state index in [-0.39, 0.29) is 11.6 Å². The third-order valence-electron chi connectivity index (χ3n) is 4.80. The second kappa shape index (κ2) is 7.74. The highest BCUT2D eigenvalue weighted by molar-refractivity contribution is 9.10. The number of hydrogen-bond donors (Lipinski definition) is 1. The van der Waals surface area contributed by atoms with Crippen molar-refractivity contribution in [3.63, 3.8) is 0 Å². The number of halogens is 2. The number of carbonyl (C=O) groups excluding carboxylic acids is 1. The Bertz CT molecular complexity index is 1000. The van der Waals surface area contributed by atoms with Crippen molar-refractivity contribution in [2.45, 2.75) is 19.4 Å². The highest BCUT2D eigenvalue weighted by atomic mass is 79.9. The first-order valence-corrected chi connectivity index (χ1v) is 9.76. The normalized spacial score (nSPS) is 14.6. The summed E-state index contributed by atoms with van der Waals surface area (Å²) < 4.78 is 15.2. The maximum atomic E-state index is 14.6. The summed E-state index contributed by atoms with van der Waals surface area (Å²) in [5.74, 6) is -0.839. The van der Waals surface area contributed by atoms with Crippen molar-refractivity contribution >= 4 is 38.4 Å². The van der Waals surface area contributed by atoms with Crippen molar-refractivity contribution in [2.75, 3.05) is 18.4 Å². The van der Waals surface area contributed by atoms with E-state index < -0.39 is 5.82 Å². The van der Waals surface area contributed by atoms with Crippen LogP contribution in [-0.2, 0) is 6.54 Å². The Balaban J connectivity index is 1.58. The van der Waals surface area contributed by atoms with E-state index in [0.717, 1.165) is 30.6 Å². The van der Waals surface area contributed by atoms with Crippen molar-refractivity contribution in [2.24, 2.45) is 0 Å². The van der Waals surface area contributed by atoms with Gasteiger partial charge >= 0.3 is 0 Å². The number of carbonyl (C=O) groups is 1. The van der Waals surface area contributed by atoms with Crippen LogP contribution in [-0.4, -0.2) is 28.9 Å². The molecule has 4 nitrogen and oxygen atoms in total. The minimum Gasteiger partial charge on any atom is -0.319 e. The molecule has 3 aromatic rings. The first-order valence-electron chi connectivity index (χ1n) is 8.96. The van der Waals surface area contributed by atoms with Gasteiger partial charge in [-0.15, -0.1) is 0 Å². The van der Waals surface area contributed by atoms with Crippen LogP contribution in [0, 0.1) is 5.82 Å². The molecule has 1 aliphatic rings. The Morgan fingerprint density at radius 2 is 1.96 bits per heavy atom. The van der Waals surface area contributed by atoms with Crippen LogP contribution in [0.4, 0.5) is 10.1 Å². The quantitative estimate of drug-likeness (QED) is 0.637. The number of anilines is 1. The number of likely N-dealkylation sites (tertiary alicyclic amines) is 1. The number of aromatic nitrogens is 1. The Morgan fingerprint density at radius 3 is 2.74 bits per heavy atom. The molecular weight excluding hydrogens is 409 g/mol. The summed E-state index contributed by atoms with van der Waals surface area (Å²) in [6, 6.07) is 12.0. The summed E-state index contributed by atoms with van der Waals surface area (Å²) in [4.78, 5) is 19.3. The van der Waals surface area contributed by atoms with Crippen LogP contribution < -0.4 is 5.32 Å². The predicted molar refractivity (Wildman–Crippen MR) is 108 cm³/mol. The molecule has 2 heterocycles. The highest BCUT2D eigenvalue weighted by Crippen LogP contribution is 2.25. The van der Waals surface area contributed by atoms with Crippen molar-refractivity contribution < 1.29 is 9.18 Å².